The first-order chi connectivity index (χ1) is 9.54. The number of aryl methyl sites for hydroxylation is 1. The maximum Gasteiger partial charge on any atom is 0.338 e. The summed E-state index contributed by atoms with van der Waals surface area (Å²) in [5, 5.41) is 10.9. The largest absolute Gasteiger partial charge is 0.465 e. The number of carbonyl (C=O) groups is 1. The van der Waals surface area contributed by atoms with Gasteiger partial charge >= 0.3 is 5.97 Å². The lowest BCUT2D eigenvalue weighted by Gasteiger charge is -2.10. The Bertz CT molecular complexity index is 679. The van der Waals surface area contributed by atoms with Crippen LogP contribution in [0.4, 0.5) is 5.69 Å². The molecule has 0 aliphatic rings. The molecule has 0 atom stereocenters. The van der Waals surface area contributed by atoms with Crippen LogP contribution in [-0.4, -0.2) is 18.0 Å². The van der Waals surface area contributed by atoms with E-state index in [1.54, 1.807) is 0 Å². The van der Waals surface area contributed by atoms with Gasteiger partial charge in [0.15, 0.2) is 0 Å². The second-order valence-corrected chi connectivity index (χ2v) is 4.29. The van der Waals surface area contributed by atoms with E-state index in [1.165, 1.54) is 25.3 Å². The van der Waals surface area contributed by atoms with E-state index in [1.807, 2.05) is 31.2 Å². The summed E-state index contributed by atoms with van der Waals surface area (Å²) in [6.07, 6.45) is 0. The third kappa shape index (κ3) is 2.51. The molecule has 0 amide bonds. The van der Waals surface area contributed by atoms with Gasteiger partial charge in [-0.05, 0) is 24.1 Å². The highest BCUT2D eigenvalue weighted by atomic mass is 16.6. The van der Waals surface area contributed by atoms with Crippen LogP contribution in [0.1, 0.15) is 15.9 Å². The van der Waals surface area contributed by atoms with Crippen molar-refractivity contribution in [2.45, 2.75) is 6.92 Å². The Morgan fingerprint density at radius 3 is 2.45 bits per heavy atom. The van der Waals surface area contributed by atoms with E-state index in [0.717, 1.165) is 11.1 Å². The zero-order chi connectivity index (χ0) is 14.7. The second-order valence-electron chi connectivity index (χ2n) is 4.29. The van der Waals surface area contributed by atoms with Gasteiger partial charge in [-0.15, -0.1) is 0 Å². The molecular formula is C15H13NO4. The molecule has 0 aromatic heterocycles. The van der Waals surface area contributed by atoms with E-state index in [-0.39, 0.29) is 5.69 Å². The van der Waals surface area contributed by atoms with E-state index in [2.05, 4.69) is 0 Å². The third-order valence-electron chi connectivity index (χ3n) is 3.05. The highest BCUT2D eigenvalue weighted by Gasteiger charge is 2.18. The van der Waals surface area contributed by atoms with Crippen LogP contribution in [0.3, 0.4) is 0 Å². The summed E-state index contributed by atoms with van der Waals surface area (Å²) in [7, 11) is 1.28. The zero-order valence-electron chi connectivity index (χ0n) is 11.1. The van der Waals surface area contributed by atoms with Gasteiger partial charge in [0.05, 0.1) is 17.6 Å². The Balaban J connectivity index is 2.70. The molecule has 0 saturated carbocycles. The monoisotopic (exact) mass is 271 g/mol. The van der Waals surface area contributed by atoms with Crippen molar-refractivity contribution >= 4 is 11.7 Å². The fraction of sp³-hybridized carbons (Fsp3) is 0.133. The predicted molar refractivity (Wildman–Crippen MR) is 74.6 cm³/mol. The van der Waals surface area contributed by atoms with Gasteiger partial charge in [0, 0.05) is 17.7 Å². The van der Waals surface area contributed by atoms with Crippen molar-refractivity contribution in [2.24, 2.45) is 0 Å². The highest BCUT2D eigenvalue weighted by Crippen LogP contribution is 2.30. The first kappa shape index (κ1) is 13.7. The van der Waals surface area contributed by atoms with Crippen LogP contribution in [-0.2, 0) is 4.74 Å². The maximum atomic E-state index is 11.8. The van der Waals surface area contributed by atoms with E-state index in [0.29, 0.717) is 11.1 Å². The first-order valence-corrected chi connectivity index (χ1v) is 5.97. The minimum Gasteiger partial charge on any atom is -0.465 e. The zero-order valence-corrected chi connectivity index (χ0v) is 11.1. The number of methoxy groups -OCH3 is 1. The molecule has 0 fully saturated rings. The lowest BCUT2D eigenvalue weighted by atomic mass is 9.95. The lowest BCUT2D eigenvalue weighted by molar-refractivity contribution is -0.384. The average Bonchev–Trinajstić information content (AvgIpc) is 2.46. The Morgan fingerprint density at radius 2 is 1.85 bits per heavy atom. The van der Waals surface area contributed by atoms with Crippen LogP contribution in [0.2, 0.25) is 0 Å². The predicted octanol–water partition coefficient (Wildman–Crippen LogP) is 3.36. The number of ether oxygens (including phenoxy) is 1. The Labute approximate surface area is 116 Å². The summed E-state index contributed by atoms with van der Waals surface area (Å²) in [5.41, 5.74) is 2.46. The second kappa shape index (κ2) is 5.52. The van der Waals surface area contributed by atoms with Crippen molar-refractivity contribution in [1.29, 1.82) is 0 Å². The van der Waals surface area contributed by atoms with Gasteiger partial charge < -0.3 is 4.74 Å². The Hall–Kier alpha value is -2.69. The van der Waals surface area contributed by atoms with Gasteiger partial charge in [0.25, 0.3) is 5.69 Å². The molecule has 0 aliphatic carbocycles. The van der Waals surface area contributed by atoms with Crippen molar-refractivity contribution in [1.82, 2.24) is 0 Å². The number of carbonyl (C=O) groups excluding carboxylic acids is 1. The minimum absolute atomic E-state index is 0.0593. The van der Waals surface area contributed by atoms with Crippen molar-refractivity contribution < 1.29 is 14.5 Å². The van der Waals surface area contributed by atoms with Gasteiger partial charge in [0.2, 0.25) is 0 Å². The molecule has 0 N–H and O–H groups in total. The molecule has 2 rings (SSSR count). The number of rotatable bonds is 3. The summed E-state index contributed by atoms with van der Waals surface area (Å²) in [5.74, 6) is -0.516. The van der Waals surface area contributed by atoms with Crippen molar-refractivity contribution in [3.8, 4) is 11.1 Å². The number of esters is 1. The van der Waals surface area contributed by atoms with Gasteiger partial charge in [-0.2, -0.15) is 0 Å². The number of non-ortho nitro benzene ring substituents is 1. The summed E-state index contributed by atoms with van der Waals surface area (Å²) < 4.78 is 4.73. The molecule has 2 aromatic rings. The topological polar surface area (TPSA) is 69.4 Å². The van der Waals surface area contributed by atoms with E-state index >= 15 is 0 Å². The smallest absolute Gasteiger partial charge is 0.338 e. The van der Waals surface area contributed by atoms with Gasteiger partial charge in [-0.25, -0.2) is 4.79 Å². The number of benzene rings is 2. The van der Waals surface area contributed by atoms with Crippen LogP contribution >= 0.6 is 0 Å². The Kier molecular flexibility index (Phi) is 3.79. The quantitative estimate of drug-likeness (QED) is 0.487. The molecule has 20 heavy (non-hydrogen) atoms. The number of hydrogen-bond donors (Lipinski definition) is 0. The molecular weight excluding hydrogens is 258 g/mol. The van der Waals surface area contributed by atoms with Gasteiger partial charge in [-0.1, -0.05) is 24.3 Å². The minimum atomic E-state index is -0.516. The molecule has 2 aromatic carbocycles. The fourth-order valence-electron chi connectivity index (χ4n) is 2.03. The molecule has 102 valence electrons. The van der Waals surface area contributed by atoms with Crippen LogP contribution in [0.25, 0.3) is 11.1 Å². The molecule has 5 nitrogen and oxygen atoms in total. The summed E-state index contributed by atoms with van der Waals surface area (Å²) in [4.78, 5) is 22.2. The van der Waals surface area contributed by atoms with Crippen LogP contribution in [0.15, 0.2) is 42.5 Å². The molecule has 0 radical (unpaired) electrons. The van der Waals surface area contributed by atoms with Crippen molar-refractivity contribution in [3.05, 3.63) is 63.7 Å². The summed E-state index contributed by atoms with van der Waals surface area (Å²) in [6, 6.07) is 11.5. The molecule has 0 spiro atoms. The van der Waals surface area contributed by atoms with Crippen molar-refractivity contribution in [2.75, 3.05) is 7.11 Å². The molecule has 5 heteroatoms. The fourth-order valence-corrected chi connectivity index (χ4v) is 2.03. The van der Waals surface area contributed by atoms with Crippen molar-refractivity contribution in [3.63, 3.8) is 0 Å². The third-order valence-corrected chi connectivity index (χ3v) is 3.05. The number of hydrogen-bond acceptors (Lipinski definition) is 4. The van der Waals surface area contributed by atoms with Gasteiger partial charge in [0.1, 0.15) is 0 Å². The van der Waals surface area contributed by atoms with Crippen LogP contribution in [0, 0.1) is 17.0 Å². The van der Waals surface area contributed by atoms with Gasteiger partial charge in [-0.3, -0.25) is 10.1 Å². The van der Waals surface area contributed by atoms with E-state index < -0.39 is 10.9 Å². The SMILES string of the molecule is COC(=O)c1ccc([N+](=O)[O-])cc1-c1ccccc1C. The van der Waals surface area contributed by atoms with E-state index in [4.69, 9.17) is 4.74 Å². The highest BCUT2D eigenvalue weighted by molar-refractivity contribution is 5.98. The number of nitro groups is 1. The standard InChI is InChI=1S/C15H13NO4/c1-10-5-3-4-6-12(10)14-9-11(16(18)19)7-8-13(14)15(17)20-2/h3-9H,1-2H3. The maximum absolute atomic E-state index is 11.8. The van der Waals surface area contributed by atoms with Crippen LogP contribution in [0.5, 0.6) is 0 Å². The molecule has 0 saturated heterocycles. The Morgan fingerprint density at radius 1 is 1.15 bits per heavy atom. The summed E-state index contributed by atoms with van der Waals surface area (Å²) >= 11 is 0. The normalized spacial score (nSPS) is 10.1. The number of nitro benzene ring substituents is 1. The average molecular weight is 271 g/mol. The number of nitrogens with zero attached hydrogens (tertiary/aromatic N) is 1. The molecule has 0 heterocycles. The molecule has 0 unspecified atom stereocenters. The molecule has 0 bridgehead atoms. The van der Waals surface area contributed by atoms with Crippen LogP contribution < -0.4 is 0 Å². The molecule has 0 aliphatic heterocycles. The van der Waals surface area contributed by atoms with E-state index in [9.17, 15) is 14.9 Å². The lowest BCUT2D eigenvalue weighted by Crippen LogP contribution is -2.04. The first-order valence-electron chi connectivity index (χ1n) is 5.97. The summed E-state index contributed by atoms with van der Waals surface area (Å²) in [6.45, 7) is 1.88.